The van der Waals surface area contributed by atoms with Gasteiger partial charge in [0.25, 0.3) is 0 Å². The molecule has 0 amide bonds. The first-order chi connectivity index (χ1) is 10.8. The Balaban J connectivity index is 1.75. The maximum atomic E-state index is 11.5. The third-order valence-corrected chi connectivity index (χ3v) is 2.83. The molecule has 2 aromatic heterocycles. The van der Waals surface area contributed by atoms with Gasteiger partial charge in [-0.3, -0.25) is 0 Å². The molecule has 8 nitrogen and oxygen atoms in total. The van der Waals surface area contributed by atoms with Gasteiger partial charge in [0.1, 0.15) is 0 Å². The second-order valence-corrected chi connectivity index (χ2v) is 4.43. The molecule has 0 radical (unpaired) electrons. The summed E-state index contributed by atoms with van der Waals surface area (Å²) in [5.74, 6) is -0.658. The van der Waals surface area contributed by atoms with E-state index in [0.717, 1.165) is 5.56 Å². The lowest BCUT2D eigenvalue weighted by Gasteiger charge is -1.98. The van der Waals surface area contributed by atoms with Crippen LogP contribution in [-0.2, 0) is 11.3 Å². The molecule has 8 heteroatoms. The second kappa shape index (κ2) is 6.17. The van der Waals surface area contributed by atoms with Gasteiger partial charge in [0.2, 0.25) is 5.82 Å². The van der Waals surface area contributed by atoms with Crippen LogP contribution in [0.4, 0.5) is 0 Å². The number of rotatable bonds is 5. The van der Waals surface area contributed by atoms with Crippen LogP contribution in [-0.4, -0.2) is 37.7 Å². The minimum Gasteiger partial charge on any atom is -0.459 e. The van der Waals surface area contributed by atoms with E-state index in [-0.39, 0.29) is 18.3 Å². The van der Waals surface area contributed by atoms with Crippen LogP contribution in [0.2, 0.25) is 0 Å². The predicted octanol–water partition coefficient (Wildman–Crippen LogP) is 1.55. The standard InChI is InChI=1S/C14H13N5O3/c1-2-21-14(20)13-15-12(17-22-13)11-9-19(18-16-11)8-10-6-4-3-5-7-10/h3-7,9H,2,8H2,1H3. The summed E-state index contributed by atoms with van der Waals surface area (Å²) in [5, 5.41) is 11.7. The molecule has 0 saturated heterocycles. The van der Waals surface area contributed by atoms with Gasteiger partial charge in [0.15, 0.2) is 5.69 Å². The molecule has 0 fully saturated rings. The molecule has 2 heterocycles. The minimum atomic E-state index is -0.655. The minimum absolute atomic E-state index is 0.197. The van der Waals surface area contributed by atoms with Crippen molar-refractivity contribution in [3.63, 3.8) is 0 Å². The molecule has 0 aliphatic rings. The number of aromatic nitrogens is 5. The van der Waals surface area contributed by atoms with Crippen LogP contribution in [0.5, 0.6) is 0 Å². The molecule has 0 spiro atoms. The SMILES string of the molecule is CCOC(=O)c1nc(-c2cn(Cc3ccccc3)nn2)no1. The van der Waals surface area contributed by atoms with E-state index in [9.17, 15) is 4.79 Å². The zero-order valence-electron chi connectivity index (χ0n) is 11.8. The molecule has 22 heavy (non-hydrogen) atoms. The molecular weight excluding hydrogens is 286 g/mol. The van der Waals surface area contributed by atoms with Crippen molar-refractivity contribution in [3.05, 3.63) is 48.0 Å². The highest BCUT2D eigenvalue weighted by molar-refractivity contribution is 5.84. The van der Waals surface area contributed by atoms with Crippen molar-refractivity contribution in [1.82, 2.24) is 25.1 Å². The summed E-state index contributed by atoms with van der Waals surface area (Å²) in [7, 11) is 0. The van der Waals surface area contributed by atoms with Crippen molar-refractivity contribution in [3.8, 4) is 11.5 Å². The Labute approximate surface area is 125 Å². The van der Waals surface area contributed by atoms with Gasteiger partial charge in [0, 0.05) is 0 Å². The number of carbonyl (C=O) groups excluding carboxylic acids is 1. The van der Waals surface area contributed by atoms with Crippen LogP contribution in [0.3, 0.4) is 0 Å². The average Bonchev–Trinajstić information content (AvgIpc) is 3.17. The Bertz CT molecular complexity index is 766. The molecule has 0 aliphatic carbocycles. The second-order valence-electron chi connectivity index (χ2n) is 4.43. The third-order valence-electron chi connectivity index (χ3n) is 2.83. The number of carbonyl (C=O) groups is 1. The Hall–Kier alpha value is -3.03. The summed E-state index contributed by atoms with van der Waals surface area (Å²) in [6, 6.07) is 9.85. The van der Waals surface area contributed by atoms with Crippen molar-refractivity contribution in [2.24, 2.45) is 0 Å². The topological polar surface area (TPSA) is 95.9 Å². The summed E-state index contributed by atoms with van der Waals surface area (Å²) in [5.41, 5.74) is 1.52. The highest BCUT2D eigenvalue weighted by atomic mass is 16.6. The van der Waals surface area contributed by atoms with Crippen molar-refractivity contribution < 1.29 is 14.1 Å². The van der Waals surface area contributed by atoms with Crippen LogP contribution in [0.15, 0.2) is 41.1 Å². The van der Waals surface area contributed by atoms with Gasteiger partial charge >= 0.3 is 11.9 Å². The molecule has 0 saturated carbocycles. The summed E-state index contributed by atoms with van der Waals surface area (Å²) in [6.07, 6.45) is 1.69. The van der Waals surface area contributed by atoms with E-state index in [1.165, 1.54) is 0 Å². The highest BCUT2D eigenvalue weighted by Crippen LogP contribution is 2.13. The number of esters is 1. The van der Waals surface area contributed by atoms with Gasteiger partial charge in [-0.15, -0.1) is 5.10 Å². The molecule has 0 atom stereocenters. The fourth-order valence-corrected chi connectivity index (χ4v) is 1.85. The van der Waals surface area contributed by atoms with Gasteiger partial charge in [-0.1, -0.05) is 40.7 Å². The summed E-state index contributed by atoms with van der Waals surface area (Å²) < 4.78 is 11.3. The lowest BCUT2D eigenvalue weighted by Crippen LogP contribution is -2.04. The summed E-state index contributed by atoms with van der Waals surface area (Å²) >= 11 is 0. The van der Waals surface area contributed by atoms with E-state index in [0.29, 0.717) is 12.2 Å². The van der Waals surface area contributed by atoms with Crippen LogP contribution in [0, 0.1) is 0 Å². The first kappa shape index (κ1) is 13.9. The predicted molar refractivity (Wildman–Crippen MR) is 74.8 cm³/mol. The van der Waals surface area contributed by atoms with E-state index in [4.69, 9.17) is 9.26 Å². The molecule has 112 valence electrons. The van der Waals surface area contributed by atoms with E-state index in [2.05, 4.69) is 20.5 Å². The molecule has 1 aromatic carbocycles. The van der Waals surface area contributed by atoms with Crippen LogP contribution < -0.4 is 0 Å². The molecule has 0 unspecified atom stereocenters. The smallest absolute Gasteiger partial charge is 0.397 e. The lowest BCUT2D eigenvalue weighted by molar-refractivity contribution is 0.0470. The Morgan fingerprint density at radius 1 is 1.32 bits per heavy atom. The van der Waals surface area contributed by atoms with Crippen LogP contribution in [0.1, 0.15) is 23.2 Å². The van der Waals surface area contributed by atoms with Crippen molar-refractivity contribution in [1.29, 1.82) is 0 Å². The van der Waals surface area contributed by atoms with Crippen LogP contribution in [0.25, 0.3) is 11.5 Å². The van der Waals surface area contributed by atoms with E-state index in [1.54, 1.807) is 17.8 Å². The Morgan fingerprint density at radius 2 is 2.14 bits per heavy atom. The van der Waals surface area contributed by atoms with Gasteiger partial charge in [-0.2, -0.15) is 4.98 Å². The maximum Gasteiger partial charge on any atom is 0.397 e. The lowest BCUT2D eigenvalue weighted by atomic mass is 10.2. The summed E-state index contributed by atoms with van der Waals surface area (Å²) in [4.78, 5) is 15.4. The van der Waals surface area contributed by atoms with Crippen molar-refractivity contribution in [2.45, 2.75) is 13.5 Å². The fraction of sp³-hybridized carbons (Fsp3) is 0.214. The molecule has 3 rings (SSSR count). The first-order valence-corrected chi connectivity index (χ1v) is 6.71. The highest BCUT2D eigenvalue weighted by Gasteiger charge is 2.18. The maximum absolute atomic E-state index is 11.5. The van der Waals surface area contributed by atoms with E-state index in [1.807, 2.05) is 30.3 Å². The van der Waals surface area contributed by atoms with Gasteiger partial charge < -0.3 is 9.26 Å². The van der Waals surface area contributed by atoms with Crippen molar-refractivity contribution in [2.75, 3.05) is 6.61 Å². The van der Waals surface area contributed by atoms with Crippen LogP contribution >= 0.6 is 0 Å². The molecule has 0 aliphatic heterocycles. The normalized spacial score (nSPS) is 10.6. The first-order valence-electron chi connectivity index (χ1n) is 6.71. The molecule has 0 bridgehead atoms. The number of hydrogen-bond donors (Lipinski definition) is 0. The summed E-state index contributed by atoms with van der Waals surface area (Å²) in [6.45, 7) is 2.52. The molecule has 3 aromatic rings. The molecular formula is C14H13N5O3. The average molecular weight is 299 g/mol. The quantitative estimate of drug-likeness (QED) is 0.659. The van der Waals surface area contributed by atoms with Gasteiger partial charge in [0.05, 0.1) is 19.3 Å². The fourth-order valence-electron chi connectivity index (χ4n) is 1.85. The van der Waals surface area contributed by atoms with Crippen molar-refractivity contribution >= 4 is 5.97 Å². The Morgan fingerprint density at radius 3 is 2.91 bits per heavy atom. The third kappa shape index (κ3) is 3.00. The number of ether oxygens (including phenoxy) is 1. The zero-order valence-corrected chi connectivity index (χ0v) is 11.8. The Kier molecular flexibility index (Phi) is 3.90. The monoisotopic (exact) mass is 299 g/mol. The zero-order chi connectivity index (χ0) is 15.4. The largest absolute Gasteiger partial charge is 0.459 e. The number of hydrogen-bond acceptors (Lipinski definition) is 7. The van der Waals surface area contributed by atoms with Gasteiger partial charge in [-0.25, -0.2) is 9.48 Å². The molecule has 0 N–H and O–H groups in total. The number of benzene rings is 1. The van der Waals surface area contributed by atoms with E-state index >= 15 is 0 Å². The van der Waals surface area contributed by atoms with Gasteiger partial charge in [-0.05, 0) is 12.5 Å². The number of nitrogens with zero attached hydrogens (tertiary/aromatic N) is 5. The van der Waals surface area contributed by atoms with E-state index < -0.39 is 5.97 Å².